The van der Waals surface area contributed by atoms with Crippen LogP contribution in [0, 0.1) is 0 Å². The summed E-state index contributed by atoms with van der Waals surface area (Å²) in [5.41, 5.74) is 0. The number of rotatable bonds is 5. The summed E-state index contributed by atoms with van der Waals surface area (Å²) in [5, 5.41) is 0. The van der Waals surface area contributed by atoms with Crippen LogP contribution in [0.4, 0.5) is 0 Å². The number of hydrogen-bond donors (Lipinski definition) is 0. The number of nitrogens with zero attached hydrogens (tertiary/aromatic N) is 1. The maximum absolute atomic E-state index is 11.1. The van der Waals surface area contributed by atoms with Gasteiger partial charge in [0.15, 0.2) is 0 Å². The van der Waals surface area contributed by atoms with E-state index in [1.807, 2.05) is 11.8 Å². The minimum Gasteiger partial charge on any atom is -0.341 e. The molecule has 0 heterocycles. The van der Waals surface area contributed by atoms with E-state index in [0.29, 0.717) is 6.04 Å². The fourth-order valence-electron chi connectivity index (χ4n) is 1.50. The average molecular weight is 171 g/mol. The maximum atomic E-state index is 11.1. The second-order valence-electron chi connectivity index (χ2n) is 3.30. The highest BCUT2D eigenvalue weighted by molar-refractivity contribution is 5.73. The van der Waals surface area contributed by atoms with Crippen LogP contribution in [-0.4, -0.2) is 23.4 Å². The van der Waals surface area contributed by atoms with Gasteiger partial charge in [0, 0.05) is 19.5 Å². The largest absolute Gasteiger partial charge is 0.341 e. The van der Waals surface area contributed by atoms with E-state index in [9.17, 15) is 4.79 Å². The van der Waals surface area contributed by atoms with Gasteiger partial charge in [-0.25, -0.2) is 0 Å². The van der Waals surface area contributed by atoms with Gasteiger partial charge >= 0.3 is 0 Å². The van der Waals surface area contributed by atoms with Crippen LogP contribution in [-0.2, 0) is 4.79 Å². The first-order valence-corrected chi connectivity index (χ1v) is 4.90. The Morgan fingerprint density at radius 2 is 2.00 bits per heavy atom. The van der Waals surface area contributed by atoms with Crippen LogP contribution < -0.4 is 0 Å². The Labute approximate surface area is 75.9 Å². The summed E-state index contributed by atoms with van der Waals surface area (Å²) in [6.45, 7) is 8.81. The molecule has 1 amide bonds. The van der Waals surface area contributed by atoms with Crippen LogP contribution in [0.15, 0.2) is 0 Å². The highest BCUT2D eigenvalue weighted by Crippen LogP contribution is 2.07. The average Bonchev–Trinajstić information content (AvgIpc) is 2.01. The van der Waals surface area contributed by atoms with Crippen molar-refractivity contribution >= 4 is 5.91 Å². The lowest BCUT2D eigenvalue weighted by Gasteiger charge is -2.26. The van der Waals surface area contributed by atoms with E-state index < -0.39 is 0 Å². The zero-order chi connectivity index (χ0) is 9.56. The summed E-state index contributed by atoms with van der Waals surface area (Å²) in [6.07, 6.45) is 3.55. The molecule has 12 heavy (non-hydrogen) atoms. The standard InChI is InChI=1S/C10H21NO/c1-5-7-8-9(3)11(6-2)10(4)12/h9H,5-8H2,1-4H3. The molecule has 0 aliphatic carbocycles. The van der Waals surface area contributed by atoms with E-state index in [2.05, 4.69) is 13.8 Å². The second-order valence-corrected chi connectivity index (χ2v) is 3.30. The molecule has 0 aromatic rings. The molecule has 0 N–H and O–H groups in total. The molecule has 0 spiro atoms. The molecular formula is C10H21NO. The second kappa shape index (κ2) is 6.04. The molecule has 2 heteroatoms. The van der Waals surface area contributed by atoms with E-state index in [1.54, 1.807) is 6.92 Å². The lowest BCUT2D eigenvalue weighted by Crippen LogP contribution is -2.36. The highest BCUT2D eigenvalue weighted by atomic mass is 16.2. The van der Waals surface area contributed by atoms with Crippen molar-refractivity contribution < 1.29 is 4.79 Å². The van der Waals surface area contributed by atoms with E-state index >= 15 is 0 Å². The van der Waals surface area contributed by atoms with E-state index in [0.717, 1.165) is 13.0 Å². The van der Waals surface area contributed by atoms with Crippen molar-refractivity contribution in [3.8, 4) is 0 Å². The Kier molecular flexibility index (Phi) is 5.77. The number of hydrogen-bond acceptors (Lipinski definition) is 1. The fourth-order valence-corrected chi connectivity index (χ4v) is 1.50. The lowest BCUT2D eigenvalue weighted by atomic mass is 10.1. The summed E-state index contributed by atoms with van der Waals surface area (Å²) in [5.74, 6) is 0.195. The van der Waals surface area contributed by atoms with Gasteiger partial charge in [-0.1, -0.05) is 19.8 Å². The maximum Gasteiger partial charge on any atom is 0.219 e. The molecule has 0 rings (SSSR count). The molecule has 1 atom stereocenters. The Bertz CT molecular complexity index is 134. The Morgan fingerprint density at radius 3 is 2.33 bits per heavy atom. The van der Waals surface area contributed by atoms with Crippen molar-refractivity contribution in [2.75, 3.05) is 6.54 Å². The van der Waals surface area contributed by atoms with Gasteiger partial charge in [-0.3, -0.25) is 4.79 Å². The first kappa shape index (κ1) is 11.5. The third-order valence-electron chi connectivity index (χ3n) is 2.25. The predicted octanol–water partition coefficient (Wildman–Crippen LogP) is 2.43. The molecule has 72 valence electrons. The van der Waals surface area contributed by atoms with Gasteiger partial charge in [-0.2, -0.15) is 0 Å². The van der Waals surface area contributed by atoms with E-state index in [1.165, 1.54) is 12.8 Å². The fraction of sp³-hybridized carbons (Fsp3) is 0.900. The predicted molar refractivity (Wildman–Crippen MR) is 52.0 cm³/mol. The topological polar surface area (TPSA) is 20.3 Å². The first-order valence-electron chi connectivity index (χ1n) is 4.90. The van der Waals surface area contributed by atoms with E-state index in [4.69, 9.17) is 0 Å². The van der Waals surface area contributed by atoms with Gasteiger partial charge < -0.3 is 4.90 Å². The SMILES string of the molecule is CCCCC(C)N(CC)C(C)=O. The van der Waals surface area contributed by atoms with Gasteiger partial charge in [0.25, 0.3) is 0 Å². The van der Waals surface area contributed by atoms with Gasteiger partial charge in [0.05, 0.1) is 0 Å². The van der Waals surface area contributed by atoms with Crippen LogP contribution >= 0.6 is 0 Å². The van der Waals surface area contributed by atoms with Gasteiger partial charge in [0.2, 0.25) is 5.91 Å². The molecule has 0 bridgehead atoms. The first-order chi connectivity index (χ1) is 5.63. The Morgan fingerprint density at radius 1 is 1.42 bits per heavy atom. The van der Waals surface area contributed by atoms with Crippen LogP contribution in [0.1, 0.15) is 47.0 Å². The van der Waals surface area contributed by atoms with Gasteiger partial charge in [-0.15, -0.1) is 0 Å². The third kappa shape index (κ3) is 3.74. The molecule has 0 aromatic heterocycles. The molecular weight excluding hydrogens is 150 g/mol. The van der Waals surface area contributed by atoms with Crippen molar-refractivity contribution in [1.82, 2.24) is 4.90 Å². The molecule has 0 aromatic carbocycles. The molecule has 0 saturated heterocycles. The summed E-state index contributed by atoms with van der Waals surface area (Å²) < 4.78 is 0. The normalized spacial score (nSPS) is 12.7. The van der Waals surface area contributed by atoms with Crippen LogP contribution in [0.3, 0.4) is 0 Å². The molecule has 0 aliphatic heterocycles. The number of unbranched alkanes of at least 4 members (excludes halogenated alkanes) is 1. The smallest absolute Gasteiger partial charge is 0.219 e. The van der Waals surface area contributed by atoms with Crippen molar-refractivity contribution in [3.05, 3.63) is 0 Å². The molecule has 2 nitrogen and oxygen atoms in total. The van der Waals surface area contributed by atoms with E-state index in [-0.39, 0.29) is 5.91 Å². The highest BCUT2D eigenvalue weighted by Gasteiger charge is 2.13. The zero-order valence-corrected chi connectivity index (χ0v) is 8.76. The van der Waals surface area contributed by atoms with Crippen molar-refractivity contribution in [1.29, 1.82) is 0 Å². The number of amides is 1. The molecule has 0 fully saturated rings. The van der Waals surface area contributed by atoms with Crippen molar-refractivity contribution in [3.63, 3.8) is 0 Å². The molecule has 0 saturated carbocycles. The zero-order valence-electron chi connectivity index (χ0n) is 8.76. The number of carbonyl (C=O) groups is 1. The summed E-state index contributed by atoms with van der Waals surface area (Å²) in [4.78, 5) is 13.0. The van der Waals surface area contributed by atoms with Crippen molar-refractivity contribution in [2.24, 2.45) is 0 Å². The van der Waals surface area contributed by atoms with Gasteiger partial charge in [0.1, 0.15) is 0 Å². The minimum absolute atomic E-state index is 0.195. The summed E-state index contributed by atoms with van der Waals surface area (Å²) in [7, 11) is 0. The summed E-state index contributed by atoms with van der Waals surface area (Å²) >= 11 is 0. The quantitative estimate of drug-likeness (QED) is 0.622. The Hall–Kier alpha value is -0.530. The monoisotopic (exact) mass is 171 g/mol. The van der Waals surface area contributed by atoms with Crippen LogP contribution in [0.5, 0.6) is 0 Å². The Balaban J connectivity index is 3.85. The van der Waals surface area contributed by atoms with Crippen LogP contribution in [0.2, 0.25) is 0 Å². The van der Waals surface area contributed by atoms with Crippen molar-refractivity contribution in [2.45, 2.75) is 53.0 Å². The lowest BCUT2D eigenvalue weighted by molar-refractivity contribution is -0.130. The molecule has 1 unspecified atom stereocenters. The molecule has 0 radical (unpaired) electrons. The minimum atomic E-state index is 0.195. The van der Waals surface area contributed by atoms with Gasteiger partial charge in [-0.05, 0) is 20.3 Å². The third-order valence-corrected chi connectivity index (χ3v) is 2.25. The summed E-state index contributed by atoms with van der Waals surface area (Å²) in [6, 6.07) is 0.410. The number of carbonyl (C=O) groups excluding carboxylic acids is 1. The van der Waals surface area contributed by atoms with Crippen LogP contribution in [0.25, 0.3) is 0 Å². The molecule has 0 aliphatic rings.